The molecule has 1 aromatic carbocycles. The van der Waals surface area contributed by atoms with Gasteiger partial charge in [0, 0.05) is 12.8 Å². The van der Waals surface area contributed by atoms with Gasteiger partial charge in [-0.2, -0.15) is 0 Å². The van der Waals surface area contributed by atoms with Crippen molar-refractivity contribution in [1.82, 2.24) is 0 Å². The summed E-state index contributed by atoms with van der Waals surface area (Å²) in [5, 5.41) is 0. The normalized spacial score (nSPS) is 10.3. The Morgan fingerprint density at radius 1 is 1.22 bits per heavy atom. The van der Waals surface area contributed by atoms with E-state index in [9.17, 15) is 4.79 Å². The van der Waals surface area contributed by atoms with Crippen molar-refractivity contribution in [3.05, 3.63) is 29.3 Å². The number of aryl methyl sites for hydroxylation is 1. The molecule has 2 N–H and O–H groups in total. The van der Waals surface area contributed by atoms with Gasteiger partial charge in [0.15, 0.2) is 0 Å². The maximum Gasteiger partial charge on any atom is 0.338 e. The number of carbonyl (C=O) groups excluding carboxylic acids is 1. The molecule has 5 heteroatoms. The summed E-state index contributed by atoms with van der Waals surface area (Å²) in [6, 6.07) is 5.09. The smallest absolute Gasteiger partial charge is 0.338 e. The number of esters is 1. The van der Waals surface area contributed by atoms with Crippen LogP contribution < -0.4 is 5.73 Å². The van der Waals surface area contributed by atoms with Crippen LogP contribution in [0.25, 0.3) is 0 Å². The number of methoxy groups -OCH3 is 1. The summed E-state index contributed by atoms with van der Waals surface area (Å²) in [6.45, 7) is 3.44. The van der Waals surface area contributed by atoms with Crippen LogP contribution in [0, 0.1) is 6.92 Å². The van der Waals surface area contributed by atoms with Gasteiger partial charge in [-0.05, 0) is 30.7 Å². The van der Waals surface area contributed by atoms with E-state index in [-0.39, 0.29) is 12.6 Å². The summed E-state index contributed by atoms with van der Waals surface area (Å²) in [4.78, 5) is 11.7. The van der Waals surface area contributed by atoms with E-state index in [2.05, 4.69) is 0 Å². The molecule has 0 bridgehead atoms. The van der Waals surface area contributed by atoms with Gasteiger partial charge in [-0.15, -0.1) is 0 Å². The highest BCUT2D eigenvalue weighted by Crippen LogP contribution is 2.13. The van der Waals surface area contributed by atoms with Gasteiger partial charge in [0.25, 0.3) is 0 Å². The van der Waals surface area contributed by atoms with Crippen LogP contribution in [0.2, 0.25) is 0 Å². The van der Waals surface area contributed by atoms with Crippen molar-refractivity contribution in [1.29, 1.82) is 0 Å². The molecular weight excluding hydrogens is 234 g/mol. The molecule has 0 heterocycles. The van der Waals surface area contributed by atoms with Crippen molar-refractivity contribution in [2.24, 2.45) is 0 Å². The Hall–Kier alpha value is -1.59. The standard InChI is InChI=1S/C13H19NO4/c1-10-9-11(14)3-4-12(10)13(15)18-8-7-17-6-5-16-2/h3-4,9H,5-8,14H2,1-2H3. The molecule has 0 radical (unpaired) electrons. The molecule has 0 aromatic heterocycles. The third kappa shape index (κ3) is 4.73. The van der Waals surface area contributed by atoms with E-state index in [1.807, 2.05) is 6.92 Å². The summed E-state index contributed by atoms with van der Waals surface area (Å²) < 4.78 is 15.1. The largest absolute Gasteiger partial charge is 0.460 e. The Bertz CT molecular complexity index is 393. The van der Waals surface area contributed by atoms with E-state index >= 15 is 0 Å². The zero-order valence-corrected chi connectivity index (χ0v) is 10.8. The van der Waals surface area contributed by atoms with Crippen LogP contribution >= 0.6 is 0 Å². The van der Waals surface area contributed by atoms with Crippen molar-refractivity contribution in [2.45, 2.75) is 6.92 Å². The number of nitrogens with two attached hydrogens (primary N) is 1. The minimum atomic E-state index is -0.358. The fourth-order valence-electron chi connectivity index (χ4n) is 1.43. The Labute approximate surface area is 107 Å². The fourth-order valence-corrected chi connectivity index (χ4v) is 1.43. The molecule has 1 aromatic rings. The molecule has 0 saturated heterocycles. The third-order valence-corrected chi connectivity index (χ3v) is 2.36. The molecule has 0 unspecified atom stereocenters. The highest BCUT2D eigenvalue weighted by molar-refractivity contribution is 5.91. The first-order chi connectivity index (χ1) is 8.65. The minimum Gasteiger partial charge on any atom is -0.460 e. The lowest BCUT2D eigenvalue weighted by Crippen LogP contribution is -2.13. The van der Waals surface area contributed by atoms with Gasteiger partial charge in [-0.1, -0.05) is 0 Å². The van der Waals surface area contributed by atoms with Crippen molar-refractivity contribution in [3.63, 3.8) is 0 Å². The van der Waals surface area contributed by atoms with Crippen LogP contribution in [0.15, 0.2) is 18.2 Å². The number of carbonyl (C=O) groups is 1. The van der Waals surface area contributed by atoms with E-state index in [4.69, 9.17) is 19.9 Å². The van der Waals surface area contributed by atoms with Gasteiger partial charge in [-0.3, -0.25) is 0 Å². The van der Waals surface area contributed by atoms with Crippen LogP contribution in [-0.4, -0.2) is 39.5 Å². The minimum absolute atomic E-state index is 0.229. The quantitative estimate of drug-likeness (QED) is 0.452. The summed E-state index contributed by atoms with van der Waals surface area (Å²) in [6.07, 6.45) is 0. The second-order valence-corrected chi connectivity index (χ2v) is 3.82. The lowest BCUT2D eigenvalue weighted by atomic mass is 10.1. The van der Waals surface area contributed by atoms with Crippen LogP contribution in [0.4, 0.5) is 5.69 Å². The third-order valence-electron chi connectivity index (χ3n) is 2.36. The number of anilines is 1. The van der Waals surface area contributed by atoms with Gasteiger partial charge in [0.05, 0.1) is 25.4 Å². The maximum atomic E-state index is 11.7. The highest BCUT2D eigenvalue weighted by Gasteiger charge is 2.10. The number of hydrogen-bond acceptors (Lipinski definition) is 5. The van der Waals surface area contributed by atoms with E-state index in [0.717, 1.165) is 5.56 Å². The van der Waals surface area contributed by atoms with Crippen molar-refractivity contribution >= 4 is 11.7 Å². The first-order valence-electron chi connectivity index (χ1n) is 5.75. The molecule has 5 nitrogen and oxygen atoms in total. The number of benzene rings is 1. The van der Waals surface area contributed by atoms with Crippen molar-refractivity contribution < 1.29 is 19.0 Å². The Kier molecular flexibility index (Phi) is 6.18. The summed E-state index contributed by atoms with van der Waals surface area (Å²) in [5.41, 5.74) is 7.58. The second kappa shape index (κ2) is 7.68. The van der Waals surface area contributed by atoms with E-state index < -0.39 is 0 Å². The Morgan fingerprint density at radius 2 is 1.94 bits per heavy atom. The maximum absolute atomic E-state index is 11.7. The highest BCUT2D eigenvalue weighted by atomic mass is 16.6. The monoisotopic (exact) mass is 253 g/mol. The van der Waals surface area contributed by atoms with Gasteiger partial charge in [0.2, 0.25) is 0 Å². The molecule has 0 fully saturated rings. The molecule has 0 atom stereocenters. The molecule has 0 aliphatic rings. The zero-order chi connectivity index (χ0) is 13.4. The summed E-state index contributed by atoms with van der Waals surface area (Å²) in [7, 11) is 1.60. The van der Waals surface area contributed by atoms with Gasteiger partial charge < -0.3 is 19.9 Å². The topological polar surface area (TPSA) is 70.8 Å². The first kappa shape index (κ1) is 14.5. The fraction of sp³-hybridized carbons (Fsp3) is 0.462. The lowest BCUT2D eigenvalue weighted by Gasteiger charge is -2.08. The van der Waals surface area contributed by atoms with Gasteiger partial charge in [-0.25, -0.2) is 4.79 Å². The molecule has 100 valence electrons. The van der Waals surface area contributed by atoms with Gasteiger partial charge >= 0.3 is 5.97 Å². The average molecular weight is 253 g/mol. The molecule has 0 saturated carbocycles. The van der Waals surface area contributed by atoms with Crippen LogP contribution in [-0.2, 0) is 14.2 Å². The number of ether oxygens (including phenoxy) is 3. The average Bonchev–Trinajstić information content (AvgIpc) is 2.33. The van der Waals surface area contributed by atoms with Gasteiger partial charge in [0.1, 0.15) is 6.61 Å². The second-order valence-electron chi connectivity index (χ2n) is 3.82. The van der Waals surface area contributed by atoms with E-state index in [1.165, 1.54) is 0 Å². The first-order valence-corrected chi connectivity index (χ1v) is 5.75. The Morgan fingerprint density at radius 3 is 2.61 bits per heavy atom. The SMILES string of the molecule is COCCOCCOC(=O)c1ccc(N)cc1C. The zero-order valence-electron chi connectivity index (χ0n) is 10.8. The molecule has 0 amide bonds. The van der Waals surface area contributed by atoms with E-state index in [0.29, 0.717) is 31.1 Å². The molecule has 0 spiro atoms. The van der Waals surface area contributed by atoms with Crippen LogP contribution in [0.3, 0.4) is 0 Å². The van der Waals surface area contributed by atoms with Crippen molar-refractivity contribution in [3.8, 4) is 0 Å². The number of hydrogen-bond donors (Lipinski definition) is 1. The molecule has 0 aliphatic heterocycles. The lowest BCUT2D eigenvalue weighted by molar-refractivity contribution is 0.0213. The predicted molar refractivity (Wildman–Crippen MR) is 68.6 cm³/mol. The molecule has 18 heavy (non-hydrogen) atoms. The molecule has 0 aliphatic carbocycles. The number of nitrogen functional groups attached to an aromatic ring is 1. The van der Waals surface area contributed by atoms with E-state index in [1.54, 1.807) is 25.3 Å². The Balaban J connectivity index is 2.32. The molecule has 1 rings (SSSR count). The summed E-state index contributed by atoms with van der Waals surface area (Å²) >= 11 is 0. The molecular formula is C13H19NO4. The van der Waals surface area contributed by atoms with Crippen LogP contribution in [0.1, 0.15) is 15.9 Å². The van der Waals surface area contributed by atoms with Crippen LogP contribution in [0.5, 0.6) is 0 Å². The predicted octanol–water partition coefficient (Wildman–Crippen LogP) is 1.40. The number of rotatable bonds is 7. The van der Waals surface area contributed by atoms with Crippen molar-refractivity contribution in [2.75, 3.05) is 39.3 Å². The summed E-state index contributed by atoms with van der Waals surface area (Å²) in [5.74, 6) is -0.358.